The number of aliphatic hydroxyl groups excluding tert-OH is 4. The van der Waals surface area contributed by atoms with E-state index in [4.69, 9.17) is 34.6 Å². The number of esters is 3. The van der Waals surface area contributed by atoms with Crippen molar-refractivity contribution < 1.29 is 117 Å². The molecule has 2 unspecified atom stereocenters. The van der Waals surface area contributed by atoms with Gasteiger partial charge in [0.05, 0.1) is 61.4 Å². The standard InChI is InChI=1S/C15H17BrN2O.C13H22O3.C13H18O3.2C11H16O2.2C10H14O3.C9H14O3.C6H12O2.C6H8O2/c16-11-2-4-12(5-3-11)17-18-13-10-15(7-1-8-15)9-6-14(13)19;2*1-3-16-12(15)6-10-13(7-4-8-13)9-5-11(2)14;2*1-8(12)9-7-11(4-2-5-11)6-3-10(9)13;2*11-8-2-5-10(3-1-4-10)6-7(8)9(12)13;1-3-12-8(11)9(7(2)10)5-4-6-9;2*7-4-6(5-8)2-1-3-6/h2-5,17H,1,6-10H2;3-10H2,1-2H3;5-6,9-10H,3-4,7-8H2,1-2H3;13H,2-7H2,1H3;9H,2-7H2,1H3;11H,1-6H2,(H,12,13);7H,1-6H2,(H,12,13);3-6H2,1-2H3;7-8H,1-5H2;4-5H,1-3H2/b18-13+;;9-5+,10-6+;;;;;;;. The Morgan fingerprint density at radius 2 is 0.893 bits per heavy atom. The summed E-state index contributed by atoms with van der Waals surface area (Å²) in [5, 5.41) is 58.3. The maximum absolute atomic E-state index is 11.9. The third kappa shape index (κ3) is 31.7. The number of aliphatic hydroxyl groups is 4. The first-order chi connectivity index (χ1) is 62.1. The van der Waals surface area contributed by atoms with Gasteiger partial charge in [-0.15, -0.1) is 0 Å². The number of anilines is 1. The number of halogens is 1. The smallest absolute Gasteiger partial charge is 0.334 e. The molecule has 15 aliphatic carbocycles. The number of ketones is 8. The number of Topliss-reactive ketones (excluding diaryl/α,β-unsaturated/α-hetero) is 7. The van der Waals surface area contributed by atoms with Crippen molar-refractivity contribution in [2.75, 3.05) is 38.5 Å². The van der Waals surface area contributed by atoms with Crippen molar-refractivity contribution in [1.82, 2.24) is 0 Å². The Morgan fingerprint density at radius 1 is 0.473 bits per heavy atom. The highest BCUT2D eigenvalue weighted by atomic mass is 79.9. The lowest BCUT2D eigenvalue weighted by Crippen LogP contribution is -2.45. The van der Waals surface area contributed by atoms with Gasteiger partial charge < -0.3 is 59.2 Å². The lowest BCUT2D eigenvalue weighted by atomic mass is 9.58. The number of hydrogen-bond donors (Lipinski definition) is 7. The predicted octanol–water partition coefficient (Wildman–Crippen LogP) is 20.1. The summed E-state index contributed by atoms with van der Waals surface area (Å²) >= 11 is 3.40. The van der Waals surface area contributed by atoms with E-state index in [1.54, 1.807) is 40.7 Å². The van der Waals surface area contributed by atoms with Gasteiger partial charge in [-0.1, -0.05) is 92.3 Å². The van der Waals surface area contributed by atoms with E-state index in [9.17, 15) is 82.1 Å². The summed E-state index contributed by atoms with van der Waals surface area (Å²) in [6.45, 7) is 14.6. The number of carbonyl (C=O) groups excluding carboxylic acids is 13. The predicted molar refractivity (Wildman–Crippen MR) is 500 cm³/mol. The van der Waals surface area contributed by atoms with Crippen molar-refractivity contribution >= 4 is 116 Å². The molecule has 1 aromatic rings. The topological polar surface area (TPSA) is 430 Å². The summed E-state index contributed by atoms with van der Waals surface area (Å²) in [6.07, 6.45) is 56.2. The van der Waals surface area contributed by atoms with Crippen LogP contribution in [0, 0.1) is 66.0 Å². The van der Waals surface area contributed by atoms with Crippen LogP contribution >= 0.6 is 15.9 Å². The fourth-order valence-corrected chi connectivity index (χ4v) is 20.8. The lowest BCUT2D eigenvalue weighted by Gasteiger charge is -2.46. The molecule has 16 rings (SSSR count). The molecule has 15 aliphatic rings. The van der Waals surface area contributed by atoms with Crippen LogP contribution in [0.3, 0.4) is 0 Å². The molecule has 0 bridgehead atoms. The Morgan fingerprint density at radius 3 is 1.25 bits per heavy atom. The molecule has 13 saturated carbocycles. The SMILES string of the molecule is CC(=O)C1=C(O)CCC2(CCC2)C1.CC(=O)C1CC2(CCC2)CCC1=O.CCOC(=O)/C=C/C1(/C=C/C(C)=O)CCC1.CCOC(=O)C1(C(C)=O)CCC1.CCOC(=O)CCC1(CCC(C)=O)CCC1.O=C(O)C1=C(O)CCC2(CCC2)C1.O=C(O)C1CC2(CCC2)CCC1=O.O=C1CCC2(CCC2)C/C1=N\Nc1ccc(Br)cc1.O=CC1(C=O)CCC1.OCC1(CO)CCC1. The number of hydrazone groups is 1. The third-order valence-corrected chi connectivity index (χ3v) is 32.2. The molecule has 0 radical (unpaired) electrons. The monoisotopic (exact) mass is 1890 g/mol. The molecule has 0 aromatic heterocycles. The van der Waals surface area contributed by atoms with Crippen molar-refractivity contribution in [3.8, 4) is 0 Å². The molecule has 13 fully saturated rings. The van der Waals surface area contributed by atoms with Crippen LogP contribution in [0.5, 0.6) is 0 Å². The van der Waals surface area contributed by atoms with Crippen LogP contribution < -0.4 is 5.43 Å². The Kier molecular flexibility index (Phi) is 42.6. The summed E-state index contributed by atoms with van der Waals surface area (Å²) in [6, 6.07) is 7.80. The number of aldehydes is 2. The number of carbonyl (C=O) groups is 15. The zero-order valence-corrected chi connectivity index (χ0v) is 81.1. The van der Waals surface area contributed by atoms with Gasteiger partial charge in [0.2, 0.25) is 0 Å². The van der Waals surface area contributed by atoms with Gasteiger partial charge in [-0.3, -0.25) is 53.4 Å². The summed E-state index contributed by atoms with van der Waals surface area (Å²) in [7, 11) is 0. The van der Waals surface area contributed by atoms with E-state index >= 15 is 0 Å². The molecule has 27 heteroatoms. The number of rotatable bonds is 25. The van der Waals surface area contributed by atoms with E-state index in [1.807, 2.05) is 43.3 Å². The number of ether oxygens (including phenoxy) is 3. The maximum atomic E-state index is 11.9. The number of benzene rings is 1. The summed E-state index contributed by atoms with van der Waals surface area (Å²) < 4.78 is 15.6. The van der Waals surface area contributed by atoms with Gasteiger partial charge in [0.15, 0.2) is 17.3 Å². The number of carboxylic acids is 2. The number of hydrogen-bond acceptors (Lipinski definition) is 24. The second kappa shape index (κ2) is 50.9. The molecular weight excluding hydrogens is 1740 g/mol. The van der Waals surface area contributed by atoms with Gasteiger partial charge in [0.1, 0.15) is 64.3 Å². The molecule has 26 nitrogen and oxygen atoms in total. The fourth-order valence-electron chi connectivity index (χ4n) is 20.6. The van der Waals surface area contributed by atoms with Crippen molar-refractivity contribution in [3.05, 3.63) is 75.7 Å². The Balaban J connectivity index is 0.000000201. The maximum Gasteiger partial charge on any atom is 0.334 e. The molecule has 0 heterocycles. The fraction of sp³-hybridized carbons (Fsp3) is 0.712. The molecule has 1 aromatic carbocycles. The van der Waals surface area contributed by atoms with Crippen LogP contribution in [0.2, 0.25) is 0 Å². The molecule has 5 spiro atoms. The summed E-state index contributed by atoms with van der Waals surface area (Å²) in [5.74, 6) is -2.40. The summed E-state index contributed by atoms with van der Waals surface area (Å²) in [5.41, 5.74) is 6.02. The van der Waals surface area contributed by atoms with E-state index in [-0.39, 0.29) is 122 Å². The minimum Gasteiger partial charge on any atom is -0.512 e. The van der Waals surface area contributed by atoms with Crippen LogP contribution in [0.1, 0.15) is 370 Å². The first-order valence-corrected chi connectivity index (χ1v) is 49.4. The average Bonchev–Trinajstić information content (AvgIpc) is 0.789. The van der Waals surface area contributed by atoms with Gasteiger partial charge in [-0.2, -0.15) is 5.10 Å². The third-order valence-electron chi connectivity index (χ3n) is 31.6. The number of nitrogens with one attached hydrogen (secondary N) is 1. The highest BCUT2D eigenvalue weighted by Gasteiger charge is 2.52. The van der Waals surface area contributed by atoms with Crippen molar-refractivity contribution in [2.24, 2.45) is 71.1 Å². The normalized spacial score (nSPS) is 23.9. The molecule has 0 saturated heterocycles. The van der Waals surface area contributed by atoms with Gasteiger partial charge in [0.25, 0.3) is 0 Å². The van der Waals surface area contributed by atoms with Crippen LogP contribution in [0.15, 0.2) is 80.8 Å². The highest BCUT2D eigenvalue weighted by molar-refractivity contribution is 9.10. The second-order valence-electron chi connectivity index (χ2n) is 40.7. The Bertz CT molecular complexity index is 4150. The quantitative estimate of drug-likeness (QED) is 0.0119. The van der Waals surface area contributed by atoms with Crippen molar-refractivity contribution in [2.45, 2.75) is 370 Å². The van der Waals surface area contributed by atoms with Crippen molar-refractivity contribution in [3.63, 3.8) is 0 Å². The lowest BCUT2D eigenvalue weighted by molar-refractivity contribution is -0.165. The van der Waals surface area contributed by atoms with E-state index < -0.39 is 28.7 Å². The molecule has 131 heavy (non-hydrogen) atoms. The number of carboxylic acid groups (broad SMARTS) is 2. The molecule has 0 aliphatic heterocycles. The average molecular weight is 1890 g/mol. The zero-order chi connectivity index (χ0) is 96.5. The number of aliphatic carboxylic acids is 2. The zero-order valence-electron chi connectivity index (χ0n) is 79.5. The first-order valence-electron chi connectivity index (χ1n) is 48.6. The minimum absolute atomic E-state index is 0.0378. The summed E-state index contributed by atoms with van der Waals surface area (Å²) in [4.78, 5) is 166. The van der Waals surface area contributed by atoms with Crippen LogP contribution in [0.25, 0.3) is 0 Å². The highest BCUT2D eigenvalue weighted by Crippen LogP contribution is 2.57. The van der Waals surface area contributed by atoms with Gasteiger partial charge >= 0.3 is 29.8 Å². The number of nitrogens with zero attached hydrogens (tertiary/aromatic N) is 1. The van der Waals surface area contributed by atoms with Crippen LogP contribution in [0.4, 0.5) is 5.69 Å². The van der Waals surface area contributed by atoms with Crippen molar-refractivity contribution in [1.29, 1.82) is 0 Å². The van der Waals surface area contributed by atoms with Gasteiger partial charge in [-0.05, 0) is 317 Å². The largest absolute Gasteiger partial charge is 0.512 e. The molecule has 2 atom stereocenters. The van der Waals surface area contributed by atoms with Crippen LogP contribution in [-0.4, -0.2) is 158 Å². The van der Waals surface area contributed by atoms with Gasteiger partial charge in [0, 0.05) is 78.3 Å². The first kappa shape index (κ1) is 110. The minimum atomic E-state index is -0.941. The van der Waals surface area contributed by atoms with Crippen LogP contribution in [-0.2, 0) is 86.1 Å². The Hall–Kier alpha value is -8.30. The molecule has 0 amide bonds. The molecule has 728 valence electrons. The van der Waals surface area contributed by atoms with Gasteiger partial charge in [-0.25, -0.2) is 9.59 Å². The number of allylic oxidation sites excluding steroid dienone is 6. The molecular formula is C104H151BrN2O24. The van der Waals surface area contributed by atoms with E-state index in [0.717, 1.165) is 183 Å². The van der Waals surface area contributed by atoms with E-state index in [1.165, 1.54) is 116 Å². The van der Waals surface area contributed by atoms with E-state index in [2.05, 4.69) is 26.5 Å². The van der Waals surface area contributed by atoms with E-state index in [0.29, 0.717) is 112 Å². The molecule has 7 N–H and O–H groups in total. The Labute approximate surface area is 783 Å². The second-order valence-corrected chi connectivity index (χ2v) is 41.6.